The van der Waals surface area contributed by atoms with Gasteiger partial charge in [-0.3, -0.25) is 0 Å². The summed E-state index contributed by atoms with van der Waals surface area (Å²) in [5.74, 6) is 0.667. The molecule has 8 nitrogen and oxygen atoms in total. The third-order valence-corrected chi connectivity index (χ3v) is 7.29. The van der Waals surface area contributed by atoms with E-state index in [1.165, 1.54) is 4.31 Å². The zero-order valence-corrected chi connectivity index (χ0v) is 17.6. The van der Waals surface area contributed by atoms with Crippen LogP contribution in [0.3, 0.4) is 0 Å². The number of hydrogen-bond donors (Lipinski definition) is 0. The zero-order valence-electron chi connectivity index (χ0n) is 16.8. The number of morpholine rings is 1. The van der Waals surface area contributed by atoms with Crippen LogP contribution in [0.5, 0.6) is 5.75 Å². The summed E-state index contributed by atoms with van der Waals surface area (Å²) in [6, 6.07) is 15.3. The highest BCUT2D eigenvalue weighted by Gasteiger charge is 2.44. The van der Waals surface area contributed by atoms with E-state index >= 15 is 0 Å². The number of carbonyl (C=O) groups is 1. The van der Waals surface area contributed by atoms with Crippen molar-refractivity contribution in [3.05, 3.63) is 60.2 Å². The highest BCUT2D eigenvalue weighted by molar-refractivity contribution is 7.89. The van der Waals surface area contributed by atoms with Crippen LogP contribution in [0.4, 0.5) is 4.79 Å². The quantitative estimate of drug-likeness (QED) is 0.741. The minimum atomic E-state index is -3.78. The Balaban J connectivity index is 1.71. The van der Waals surface area contributed by atoms with Crippen molar-refractivity contribution in [3.8, 4) is 5.75 Å². The Kier molecular flexibility index (Phi) is 5.94. The van der Waals surface area contributed by atoms with Gasteiger partial charge in [0, 0.05) is 26.2 Å². The van der Waals surface area contributed by atoms with Crippen LogP contribution in [-0.2, 0) is 14.8 Å². The highest BCUT2D eigenvalue weighted by Crippen LogP contribution is 2.36. The zero-order chi connectivity index (χ0) is 21.1. The van der Waals surface area contributed by atoms with Crippen LogP contribution in [0.15, 0.2) is 59.5 Å². The number of ether oxygens (including phenoxy) is 2. The molecule has 0 bridgehead atoms. The molecule has 2 aliphatic heterocycles. The Morgan fingerprint density at radius 1 is 0.967 bits per heavy atom. The Bertz CT molecular complexity index is 975. The predicted molar refractivity (Wildman–Crippen MR) is 111 cm³/mol. The first-order valence-corrected chi connectivity index (χ1v) is 11.3. The lowest BCUT2D eigenvalue weighted by molar-refractivity contribution is 0.0400. The summed E-state index contributed by atoms with van der Waals surface area (Å²) in [7, 11) is -2.21. The fraction of sp³-hybridized carbons (Fsp3) is 0.381. The van der Waals surface area contributed by atoms with Gasteiger partial charge in [0.05, 0.1) is 25.2 Å². The second-order valence-electron chi connectivity index (χ2n) is 7.15. The molecule has 30 heavy (non-hydrogen) atoms. The maximum Gasteiger partial charge on any atom is 0.321 e. The molecular weight excluding hydrogens is 406 g/mol. The molecule has 0 aliphatic carbocycles. The minimum Gasteiger partial charge on any atom is -0.497 e. The van der Waals surface area contributed by atoms with Crippen molar-refractivity contribution >= 4 is 16.1 Å². The average molecular weight is 432 g/mol. The monoisotopic (exact) mass is 431 g/mol. The second kappa shape index (κ2) is 8.63. The number of hydrogen-bond acceptors (Lipinski definition) is 5. The maximum atomic E-state index is 13.4. The molecule has 2 aromatic carbocycles. The summed E-state index contributed by atoms with van der Waals surface area (Å²) < 4.78 is 38.8. The molecule has 2 aliphatic rings. The van der Waals surface area contributed by atoms with Crippen LogP contribution in [0.25, 0.3) is 0 Å². The Morgan fingerprint density at radius 3 is 2.27 bits per heavy atom. The summed E-state index contributed by atoms with van der Waals surface area (Å²) in [4.78, 5) is 16.8. The van der Waals surface area contributed by atoms with E-state index in [1.54, 1.807) is 59.4 Å². The van der Waals surface area contributed by atoms with Crippen molar-refractivity contribution in [1.82, 2.24) is 14.1 Å². The van der Waals surface area contributed by atoms with Crippen LogP contribution in [0.1, 0.15) is 11.7 Å². The number of benzene rings is 2. The molecule has 0 spiro atoms. The second-order valence-corrected chi connectivity index (χ2v) is 9.04. The van der Waals surface area contributed by atoms with Crippen molar-refractivity contribution in [2.75, 3.05) is 46.5 Å². The number of rotatable bonds is 4. The topological polar surface area (TPSA) is 79.4 Å². The SMILES string of the molecule is COc1ccc(C2N(C(=O)N3CCOCC3)CCN2S(=O)(=O)c2ccccc2)cc1. The lowest BCUT2D eigenvalue weighted by atomic mass is 10.1. The first-order valence-electron chi connectivity index (χ1n) is 9.86. The van der Waals surface area contributed by atoms with Crippen molar-refractivity contribution in [1.29, 1.82) is 0 Å². The molecule has 1 atom stereocenters. The van der Waals surface area contributed by atoms with Gasteiger partial charge in [-0.2, -0.15) is 4.31 Å². The molecule has 0 N–H and O–H groups in total. The van der Waals surface area contributed by atoms with Crippen molar-refractivity contribution in [2.24, 2.45) is 0 Å². The molecule has 0 saturated carbocycles. The summed E-state index contributed by atoms with van der Waals surface area (Å²) in [5.41, 5.74) is 0.717. The van der Waals surface area contributed by atoms with Crippen LogP contribution in [-0.4, -0.2) is 75.1 Å². The molecule has 0 aromatic heterocycles. The van der Waals surface area contributed by atoms with E-state index in [4.69, 9.17) is 9.47 Å². The number of nitrogens with zero attached hydrogens (tertiary/aromatic N) is 3. The molecule has 160 valence electrons. The van der Waals surface area contributed by atoms with E-state index in [-0.39, 0.29) is 17.5 Å². The fourth-order valence-electron chi connectivity index (χ4n) is 3.84. The molecule has 2 amide bonds. The van der Waals surface area contributed by atoms with Crippen LogP contribution >= 0.6 is 0 Å². The Morgan fingerprint density at radius 2 is 1.63 bits per heavy atom. The van der Waals surface area contributed by atoms with Gasteiger partial charge in [0.25, 0.3) is 0 Å². The number of amides is 2. The molecule has 1 unspecified atom stereocenters. The average Bonchev–Trinajstić information content (AvgIpc) is 3.26. The first kappa shape index (κ1) is 20.6. The Hall–Kier alpha value is -2.62. The molecule has 9 heteroatoms. The van der Waals surface area contributed by atoms with E-state index in [2.05, 4.69) is 0 Å². The predicted octanol–water partition coefficient (Wildman–Crippen LogP) is 2.15. The maximum absolute atomic E-state index is 13.4. The van der Waals surface area contributed by atoms with E-state index in [0.717, 1.165) is 5.56 Å². The number of urea groups is 1. The van der Waals surface area contributed by atoms with Gasteiger partial charge < -0.3 is 19.3 Å². The van der Waals surface area contributed by atoms with Gasteiger partial charge in [0.2, 0.25) is 10.0 Å². The summed E-state index contributed by atoms with van der Waals surface area (Å²) >= 11 is 0. The number of carbonyl (C=O) groups excluding carboxylic acids is 1. The lowest BCUT2D eigenvalue weighted by Crippen LogP contribution is -2.49. The third-order valence-electron chi connectivity index (χ3n) is 5.42. The standard InChI is InChI=1S/C21H25N3O5S/c1-28-18-9-7-17(8-10-18)20-23(21(25)22-13-15-29-16-14-22)11-12-24(20)30(26,27)19-5-3-2-4-6-19/h2-10,20H,11-16H2,1H3. The number of methoxy groups -OCH3 is 1. The summed E-state index contributed by atoms with van der Waals surface area (Å²) in [5, 5.41) is 0. The summed E-state index contributed by atoms with van der Waals surface area (Å²) in [6.07, 6.45) is -0.726. The van der Waals surface area contributed by atoms with Gasteiger partial charge in [-0.05, 0) is 29.8 Å². The van der Waals surface area contributed by atoms with Gasteiger partial charge >= 0.3 is 6.03 Å². The van der Waals surface area contributed by atoms with Crippen molar-refractivity contribution in [2.45, 2.75) is 11.1 Å². The van der Waals surface area contributed by atoms with E-state index in [9.17, 15) is 13.2 Å². The van der Waals surface area contributed by atoms with E-state index in [1.807, 2.05) is 12.1 Å². The smallest absolute Gasteiger partial charge is 0.321 e. The van der Waals surface area contributed by atoms with Crippen LogP contribution < -0.4 is 4.74 Å². The van der Waals surface area contributed by atoms with E-state index in [0.29, 0.717) is 38.6 Å². The molecular formula is C21H25N3O5S. The normalized spacial score (nSPS) is 20.4. The van der Waals surface area contributed by atoms with Gasteiger partial charge in [-0.25, -0.2) is 13.2 Å². The highest BCUT2D eigenvalue weighted by atomic mass is 32.2. The van der Waals surface area contributed by atoms with Crippen LogP contribution in [0.2, 0.25) is 0 Å². The first-order chi connectivity index (χ1) is 14.5. The summed E-state index contributed by atoms with van der Waals surface area (Å²) in [6.45, 7) is 2.51. The number of sulfonamides is 1. The van der Waals surface area contributed by atoms with Crippen LogP contribution in [0, 0.1) is 0 Å². The molecule has 2 aromatic rings. The van der Waals surface area contributed by atoms with Crippen molar-refractivity contribution in [3.63, 3.8) is 0 Å². The van der Waals surface area contributed by atoms with Gasteiger partial charge in [-0.15, -0.1) is 0 Å². The molecule has 2 saturated heterocycles. The Labute approximate surface area is 176 Å². The van der Waals surface area contributed by atoms with Gasteiger partial charge in [0.1, 0.15) is 11.9 Å². The fourth-order valence-corrected chi connectivity index (χ4v) is 5.44. The van der Waals surface area contributed by atoms with Gasteiger partial charge in [-0.1, -0.05) is 30.3 Å². The van der Waals surface area contributed by atoms with E-state index < -0.39 is 16.2 Å². The van der Waals surface area contributed by atoms with Gasteiger partial charge in [0.15, 0.2) is 0 Å². The molecule has 4 rings (SSSR count). The molecule has 0 radical (unpaired) electrons. The third kappa shape index (κ3) is 3.88. The lowest BCUT2D eigenvalue weighted by Gasteiger charge is -2.35. The minimum absolute atomic E-state index is 0.176. The largest absolute Gasteiger partial charge is 0.497 e. The molecule has 2 heterocycles. The van der Waals surface area contributed by atoms with Crippen molar-refractivity contribution < 1.29 is 22.7 Å². The molecule has 2 fully saturated rings.